The van der Waals surface area contributed by atoms with Crippen molar-refractivity contribution in [2.45, 2.75) is 71.6 Å². The molecular weight excluding hydrogens is 328 g/mol. The molecule has 4 rings (SSSR count). The predicted molar refractivity (Wildman–Crippen MR) is 98.8 cm³/mol. The van der Waals surface area contributed by atoms with E-state index in [9.17, 15) is 9.59 Å². The molecule has 0 heterocycles. The van der Waals surface area contributed by atoms with E-state index in [1.165, 1.54) is 37.7 Å². The molecule has 4 nitrogen and oxygen atoms in total. The van der Waals surface area contributed by atoms with Crippen molar-refractivity contribution in [3.05, 3.63) is 11.6 Å². The van der Waals surface area contributed by atoms with Gasteiger partial charge in [-0.2, -0.15) is 0 Å². The van der Waals surface area contributed by atoms with Gasteiger partial charge in [-0.3, -0.25) is 4.79 Å². The zero-order chi connectivity index (χ0) is 18.5. The summed E-state index contributed by atoms with van der Waals surface area (Å²) < 4.78 is 4.81. The van der Waals surface area contributed by atoms with Crippen molar-refractivity contribution in [3.8, 4) is 0 Å². The van der Waals surface area contributed by atoms with Crippen LogP contribution < -0.4 is 0 Å². The number of rotatable bonds is 3. The first-order valence-electron chi connectivity index (χ1n) is 10.4. The minimum Gasteiger partial charge on any atom is -0.450 e. The Morgan fingerprint density at radius 1 is 1.15 bits per heavy atom. The number of carbonyl (C=O) groups excluding carboxylic acids is 1. The highest BCUT2D eigenvalue weighted by Gasteiger charge is 2.58. The average Bonchev–Trinajstić information content (AvgIpc) is 2.92. The number of fused-ring (bicyclic) bond motifs is 5. The van der Waals surface area contributed by atoms with Gasteiger partial charge in [0.15, 0.2) is 5.78 Å². The van der Waals surface area contributed by atoms with Gasteiger partial charge in [0.1, 0.15) is 0 Å². The summed E-state index contributed by atoms with van der Waals surface area (Å²) in [5.74, 6) is 3.17. The summed E-state index contributed by atoms with van der Waals surface area (Å²) in [6.45, 7) is 5.23. The van der Waals surface area contributed by atoms with Crippen LogP contribution in [0.4, 0.5) is 4.79 Å². The fourth-order valence-electron chi connectivity index (χ4n) is 7.43. The summed E-state index contributed by atoms with van der Waals surface area (Å²) in [4.78, 5) is 22.6. The lowest BCUT2D eigenvalue weighted by atomic mass is 9.47. The van der Waals surface area contributed by atoms with E-state index in [1.54, 1.807) is 0 Å². The molecule has 6 atom stereocenters. The van der Waals surface area contributed by atoms with Gasteiger partial charge in [-0.15, -0.1) is 0 Å². The van der Waals surface area contributed by atoms with Gasteiger partial charge < -0.3 is 9.84 Å². The number of hydrogen-bond acceptors (Lipinski definition) is 3. The number of carbonyl (C=O) groups is 2. The van der Waals surface area contributed by atoms with E-state index in [0.717, 1.165) is 43.4 Å². The van der Waals surface area contributed by atoms with Gasteiger partial charge in [-0.1, -0.05) is 19.4 Å². The molecule has 0 unspecified atom stereocenters. The Morgan fingerprint density at radius 3 is 2.73 bits per heavy atom. The monoisotopic (exact) mass is 360 g/mol. The van der Waals surface area contributed by atoms with Gasteiger partial charge >= 0.3 is 6.16 Å². The van der Waals surface area contributed by atoms with Crippen LogP contribution in [0.5, 0.6) is 0 Å². The first-order valence-corrected chi connectivity index (χ1v) is 10.4. The lowest BCUT2D eigenvalue weighted by Gasteiger charge is -2.58. The first-order chi connectivity index (χ1) is 12.3. The van der Waals surface area contributed by atoms with Gasteiger partial charge in [-0.25, -0.2) is 4.79 Å². The molecule has 0 aromatic carbocycles. The fraction of sp³-hybridized carbons (Fsp3) is 0.818. The van der Waals surface area contributed by atoms with Gasteiger partial charge in [0.05, 0.1) is 6.61 Å². The number of ether oxygens (including phenoxy) is 1. The first kappa shape index (κ1) is 18.1. The van der Waals surface area contributed by atoms with Crippen LogP contribution in [0.15, 0.2) is 11.6 Å². The summed E-state index contributed by atoms with van der Waals surface area (Å²) in [6, 6.07) is 0. The molecule has 3 fully saturated rings. The Bertz CT molecular complexity index is 638. The highest BCUT2D eigenvalue weighted by Crippen LogP contribution is 2.66. The summed E-state index contributed by atoms with van der Waals surface area (Å²) in [6.07, 6.45) is 10.8. The zero-order valence-electron chi connectivity index (χ0n) is 16.1. The number of allylic oxidation sites excluding steroid dienone is 1. The molecule has 4 heteroatoms. The van der Waals surface area contributed by atoms with E-state index >= 15 is 0 Å². The van der Waals surface area contributed by atoms with Crippen LogP contribution in [0.3, 0.4) is 0 Å². The van der Waals surface area contributed by atoms with Crippen LogP contribution in [-0.4, -0.2) is 23.7 Å². The molecule has 1 N–H and O–H groups in total. The molecule has 0 aliphatic heterocycles. The molecule has 0 saturated heterocycles. The minimum atomic E-state index is -1.15. The van der Waals surface area contributed by atoms with Crippen LogP contribution in [0.2, 0.25) is 0 Å². The highest BCUT2D eigenvalue weighted by atomic mass is 16.7. The molecule has 3 saturated carbocycles. The van der Waals surface area contributed by atoms with E-state index in [0.29, 0.717) is 23.7 Å². The molecule has 4 aliphatic rings. The van der Waals surface area contributed by atoms with E-state index in [2.05, 4.69) is 13.8 Å². The van der Waals surface area contributed by atoms with Crippen molar-refractivity contribution in [1.29, 1.82) is 0 Å². The number of ketones is 1. The maximum atomic E-state index is 11.9. The van der Waals surface area contributed by atoms with Gasteiger partial charge in [-0.05, 0) is 91.9 Å². The molecule has 0 spiro atoms. The van der Waals surface area contributed by atoms with Crippen molar-refractivity contribution in [2.75, 3.05) is 6.61 Å². The molecule has 0 aromatic heterocycles. The standard InChI is InChI=1S/C22H32O4/c1-21-11-8-19-17(5-3-15-13-16(23)7-10-22(15,19)2)18(21)6-4-14(21)9-12-26-20(24)25/h13-14,17-19H,3-12H2,1-2H3,(H,24,25)/t14-,17+,18+,19+,21-,22+/m1/s1. The highest BCUT2D eigenvalue weighted by molar-refractivity contribution is 5.91. The largest absolute Gasteiger partial charge is 0.505 e. The van der Waals surface area contributed by atoms with Crippen LogP contribution in [0.1, 0.15) is 71.6 Å². The second-order valence-electron chi connectivity index (χ2n) is 9.69. The third kappa shape index (κ3) is 2.71. The van der Waals surface area contributed by atoms with Crippen LogP contribution in [0.25, 0.3) is 0 Å². The Labute approximate surface area is 156 Å². The van der Waals surface area contributed by atoms with Gasteiger partial charge in [0, 0.05) is 6.42 Å². The summed E-state index contributed by atoms with van der Waals surface area (Å²) in [5, 5.41) is 8.74. The number of carboxylic acid groups (broad SMARTS) is 1. The van der Waals surface area contributed by atoms with E-state index in [-0.39, 0.29) is 5.41 Å². The van der Waals surface area contributed by atoms with Crippen molar-refractivity contribution in [2.24, 2.45) is 34.5 Å². The fourth-order valence-corrected chi connectivity index (χ4v) is 7.43. The Hall–Kier alpha value is -1.32. The van der Waals surface area contributed by atoms with Gasteiger partial charge in [0.25, 0.3) is 0 Å². The summed E-state index contributed by atoms with van der Waals surface area (Å²) >= 11 is 0. The van der Waals surface area contributed by atoms with Gasteiger partial charge in [0.2, 0.25) is 0 Å². The molecule has 0 aromatic rings. The topological polar surface area (TPSA) is 63.6 Å². The predicted octanol–water partition coefficient (Wildman–Crippen LogP) is 5.22. The van der Waals surface area contributed by atoms with Crippen molar-refractivity contribution in [1.82, 2.24) is 0 Å². The Balaban J connectivity index is 1.52. The van der Waals surface area contributed by atoms with E-state index < -0.39 is 6.16 Å². The minimum absolute atomic E-state index is 0.239. The van der Waals surface area contributed by atoms with Crippen LogP contribution in [-0.2, 0) is 9.53 Å². The lowest BCUT2D eigenvalue weighted by molar-refractivity contribution is -0.117. The quantitative estimate of drug-likeness (QED) is 0.701. The molecule has 144 valence electrons. The molecule has 0 radical (unpaired) electrons. The maximum Gasteiger partial charge on any atom is 0.505 e. The third-order valence-electron chi connectivity index (χ3n) is 8.85. The second kappa shape index (κ2) is 6.38. The third-order valence-corrected chi connectivity index (χ3v) is 8.85. The Morgan fingerprint density at radius 2 is 1.96 bits per heavy atom. The van der Waals surface area contributed by atoms with E-state index in [1.807, 2.05) is 6.08 Å². The van der Waals surface area contributed by atoms with E-state index in [4.69, 9.17) is 9.84 Å². The molecule has 4 aliphatic carbocycles. The SMILES string of the molecule is C[C@]12CC[C@H]3[C@@H](CCC4=CC(=O)CC[C@@]43C)[C@@H]1CC[C@@H]2CCOC(=O)O. The van der Waals surface area contributed by atoms with Crippen molar-refractivity contribution in [3.63, 3.8) is 0 Å². The Kier molecular flexibility index (Phi) is 4.44. The average molecular weight is 360 g/mol. The molecule has 26 heavy (non-hydrogen) atoms. The molecular formula is C22H32O4. The lowest BCUT2D eigenvalue weighted by Crippen LogP contribution is -2.50. The van der Waals surface area contributed by atoms with Crippen molar-refractivity contribution >= 4 is 11.9 Å². The van der Waals surface area contributed by atoms with Crippen LogP contribution >= 0.6 is 0 Å². The summed E-state index contributed by atoms with van der Waals surface area (Å²) in [5.41, 5.74) is 2.01. The normalized spacial score (nSPS) is 44.5. The molecule has 0 bridgehead atoms. The molecule has 0 amide bonds. The second-order valence-corrected chi connectivity index (χ2v) is 9.69. The van der Waals surface area contributed by atoms with Crippen molar-refractivity contribution < 1.29 is 19.4 Å². The number of hydrogen-bond donors (Lipinski definition) is 1. The van der Waals surface area contributed by atoms with Crippen LogP contribution in [0, 0.1) is 34.5 Å². The maximum absolute atomic E-state index is 11.9. The zero-order valence-corrected chi connectivity index (χ0v) is 16.1. The smallest absolute Gasteiger partial charge is 0.450 e. The summed E-state index contributed by atoms with van der Waals surface area (Å²) in [7, 11) is 0.